The van der Waals surface area contributed by atoms with Gasteiger partial charge in [-0.25, -0.2) is 8.42 Å². The molecule has 0 aromatic heterocycles. The molecule has 1 N–H and O–H groups in total. The zero-order chi connectivity index (χ0) is 26.9. The Balaban J connectivity index is 2.19. The second-order valence-corrected chi connectivity index (χ2v) is 11.4. The lowest BCUT2D eigenvalue weighted by Gasteiger charge is -2.30. The number of aryl methyl sites for hydroxylation is 3. The Morgan fingerprint density at radius 1 is 1.00 bits per heavy atom. The summed E-state index contributed by atoms with van der Waals surface area (Å²) in [6, 6.07) is 12.9. The number of nitrogens with zero attached hydrogens (tertiary/aromatic N) is 2. The number of hydrogen-bond acceptors (Lipinski definition) is 4. The number of unbranched alkanes of at least 4 members (excludes halogenated alkanes) is 1. The van der Waals surface area contributed by atoms with E-state index >= 15 is 0 Å². The van der Waals surface area contributed by atoms with Crippen molar-refractivity contribution in [2.24, 2.45) is 0 Å². The summed E-state index contributed by atoms with van der Waals surface area (Å²) < 4.78 is 26.5. The Morgan fingerprint density at radius 2 is 1.69 bits per heavy atom. The van der Waals surface area contributed by atoms with E-state index in [-0.39, 0.29) is 24.8 Å². The number of hydrogen-bond donors (Lipinski definition) is 1. The molecule has 2 amide bonds. The lowest BCUT2D eigenvalue weighted by Crippen LogP contribution is -2.48. The van der Waals surface area contributed by atoms with Gasteiger partial charge in [0.05, 0.1) is 11.9 Å². The van der Waals surface area contributed by atoms with Crippen LogP contribution < -0.4 is 9.62 Å². The van der Waals surface area contributed by atoms with E-state index in [0.29, 0.717) is 25.2 Å². The van der Waals surface area contributed by atoms with Crippen molar-refractivity contribution < 1.29 is 18.0 Å². The second-order valence-electron chi connectivity index (χ2n) is 9.50. The first-order chi connectivity index (χ1) is 17.0. The maximum Gasteiger partial charge on any atom is 0.242 e. The minimum absolute atomic E-state index is 0.134. The Morgan fingerprint density at radius 3 is 2.33 bits per heavy atom. The standard InChI is InChI=1S/C28H41N3O4S/c1-7-8-17-29-28(33)24(5)30(20-25-13-10-9-12-22(25)3)27(32)14-11-18-31(36(6,34)35)26-19-21(2)15-16-23(26)4/h9-10,12-13,15-16,19,24H,7-8,11,14,17-18,20H2,1-6H3,(H,29,33)/t24-/m1/s1. The first-order valence-electron chi connectivity index (χ1n) is 12.6. The van der Waals surface area contributed by atoms with E-state index in [0.717, 1.165) is 35.1 Å². The average molecular weight is 516 g/mol. The van der Waals surface area contributed by atoms with Crippen molar-refractivity contribution in [1.82, 2.24) is 10.2 Å². The minimum atomic E-state index is -3.53. The smallest absolute Gasteiger partial charge is 0.242 e. The van der Waals surface area contributed by atoms with Crippen LogP contribution in [0.1, 0.15) is 61.8 Å². The first-order valence-corrected chi connectivity index (χ1v) is 14.5. The van der Waals surface area contributed by atoms with Crippen LogP contribution in [0.15, 0.2) is 42.5 Å². The second kappa shape index (κ2) is 13.4. The Bertz CT molecular complexity index is 1150. The van der Waals surface area contributed by atoms with E-state index < -0.39 is 16.1 Å². The number of sulfonamides is 1. The van der Waals surface area contributed by atoms with Gasteiger partial charge in [-0.3, -0.25) is 13.9 Å². The summed E-state index contributed by atoms with van der Waals surface area (Å²) in [7, 11) is -3.53. The van der Waals surface area contributed by atoms with E-state index in [4.69, 9.17) is 0 Å². The van der Waals surface area contributed by atoms with Gasteiger partial charge in [0.25, 0.3) is 0 Å². The fourth-order valence-corrected chi connectivity index (χ4v) is 5.07. The molecule has 2 rings (SSSR count). The van der Waals surface area contributed by atoms with Gasteiger partial charge in [-0.15, -0.1) is 0 Å². The number of nitrogens with one attached hydrogen (secondary N) is 1. The predicted molar refractivity (Wildman–Crippen MR) is 146 cm³/mol. The summed E-state index contributed by atoms with van der Waals surface area (Å²) in [5, 5.41) is 2.93. The molecule has 1 atom stereocenters. The van der Waals surface area contributed by atoms with Crippen LogP contribution in [-0.4, -0.2) is 50.5 Å². The number of anilines is 1. The van der Waals surface area contributed by atoms with Gasteiger partial charge in [0.1, 0.15) is 6.04 Å². The minimum Gasteiger partial charge on any atom is -0.354 e. The summed E-state index contributed by atoms with van der Waals surface area (Å²) >= 11 is 0. The SMILES string of the molecule is CCCCNC(=O)[C@@H](C)N(Cc1ccccc1C)C(=O)CCCN(c1cc(C)ccc1C)S(C)(=O)=O. The van der Waals surface area contributed by atoms with E-state index in [2.05, 4.69) is 12.2 Å². The predicted octanol–water partition coefficient (Wildman–Crippen LogP) is 4.49. The monoisotopic (exact) mass is 515 g/mol. The van der Waals surface area contributed by atoms with Gasteiger partial charge in [-0.1, -0.05) is 49.7 Å². The summed E-state index contributed by atoms with van der Waals surface area (Å²) in [4.78, 5) is 27.8. The van der Waals surface area contributed by atoms with Crippen LogP contribution in [0.3, 0.4) is 0 Å². The van der Waals surface area contributed by atoms with Crippen LogP contribution in [0, 0.1) is 20.8 Å². The van der Waals surface area contributed by atoms with E-state index in [9.17, 15) is 18.0 Å². The van der Waals surface area contributed by atoms with Crippen molar-refractivity contribution in [2.75, 3.05) is 23.7 Å². The third-order valence-electron chi connectivity index (χ3n) is 6.38. The highest BCUT2D eigenvalue weighted by Crippen LogP contribution is 2.25. The van der Waals surface area contributed by atoms with Crippen LogP contribution in [0.2, 0.25) is 0 Å². The maximum absolute atomic E-state index is 13.4. The lowest BCUT2D eigenvalue weighted by molar-refractivity contribution is -0.140. The number of carbonyl (C=O) groups is 2. The Labute approximate surface area is 216 Å². The molecule has 0 aliphatic heterocycles. The van der Waals surface area contributed by atoms with Crippen LogP contribution in [-0.2, 0) is 26.2 Å². The highest BCUT2D eigenvalue weighted by Gasteiger charge is 2.27. The van der Waals surface area contributed by atoms with Crippen LogP contribution in [0.25, 0.3) is 0 Å². The van der Waals surface area contributed by atoms with Crippen molar-refractivity contribution in [2.45, 2.75) is 72.9 Å². The molecule has 0 unspecified atom stereocenters. The molecular formula is C28H41N3O4S. The third kappa shape index (κ3) is 8.36. The van der Waals surface area contributed by atoms with Crippen LogP contribution >= 0.6 is 0 Å². The normalized spacial score (nSPS) is 12.2. The highest BCUT2D eigenvalue weighted by atomic mass is 32.2. The number of carbonyl (C=O) groups excluding carboxylic acids is 2. The van der Waals surface area contributed by atoms with Gasteiger partial charge in [0.2, 0.25) is 21.8 Å². The molecule has 2 aromatic rings. The molecule has 0 saturated carbocycles. The van der Waals surface area contributed by atoms with Gasteiger partial charge in [-0.2, -0.15) is 0 Å². The average Bonchev–Trinajstić information content (AvgIpc) is 2.81. The van der Waals surface area contributed by atoms with Crippen molar-refractivity contribution >= 4 is 27.5 Å². The van der Waals surface area contributed by atoms with Crippen LogP contribution in [0.5, 0.6) is 0 Å². The fraction of sp³-hybridized carbons (Fsp3) is 0.500. The Kier molecular flexibility index (Phi) is 11.0. The molecular weight excluding hydrogens is 474 g/mol. The van der Waals surface area contributed by atoms with E-state index in [1.807, 2.05) is 63.2 Å². The molecule has 36 heavy (non-hydrogen) atoms. The molecule has 0 spiro atoms. The van der Waals surface area contributed by atoms with Crippen molar-refractivity contribution in [3.63, 3.8) is 0 Å². The largest absolute Gasteiger partial charge is 0.354 e. The van der Waals surface area contributed by atoms with Crippen molar-refractivity contribution in [3.05, 3.63) is 64.7 Å². The van der Waals surface area contributed by atoms with Gasteiger partial charge >= 0.3 is 0 Å². The topological polar surface area (TPSA) is 86.8 Å². The molecule has 0 radical (unpaired) electrons. The molecule has 7 nitrogen and oxygen atoms in total. The summed E-state index contributed by atoms with van der Waals surface area (Å²) in [5.74, 6) is -0.357. The van der Waals surface area contributed by atoms with E-state index in [1.54, 1.807) is 11.8 Å². The maximum atomic E-state index is 13.4. The van der Waals surface area contributed by atoms with Gasteiger partial charge < -0.3 is 10.2 Å². The lowest BCUT2D eigenvalue weighted by atomic mass is 10.1. The third-order valence-corrected chi connectivity index (χ3v) is 7.56. The summed E-state index contributed by atoms with van der Waals surface area (Å²) in [6.45, 7) is 10.7. The van der Waals surface area contributed by atoms with Crippen LogP contribution in [0.4, 0.5) is 5.69 Å². The van der Waals surface area contributed by atoms with Crippen molar-refractivity contribution in [3.8, 4) is 0 Å². The Hall–Kier alpha value is -2.87. The number of amides is 2. The molecule has 198 valence electrons. The molecule has 0 bridgehead atoms. The molecule has 0 heterocycles. The molecule has 0 aliphatic rings. The van der Waals surface area contributed by atoms with Crippen molar-refractivity contribution in [1.29, 1.82) is 0 Å². The fourth-order valence-electron chi connectivity index (χ4n) is 4.06. The zero-order valence-corrected chi connectivity index (χ0v) is 23.3. The van der Waals surface area contributed by atoms with E-state index in [1.165, 1.54) is 10.6 Å². The van der Waals surface area contributed by atoms with Gasteiger partial charge in [0, 0.05) is 26.1 Å². The first kappa shape index (κ1) is 29.4. The number of benzene rings is 2. The molecule has 2 aromatic carbocycles. The molecule has 0 saturated heterocycles. The molecule has 8 heteroatoms. The quantitative estimate of drug-likeness (QED) is 0.398. The number of rotatable bonds is 13. The summed E-state index contributed by atoms with van der Waals surface area (Å²) in [6.07, 6.45) is 3.51. The van der Waals surface area contributed by atoms with Gasteiger partial charge in [-0.05, 0) is 68.9 Å². The highest BCUT2D eigenvalue weighted by molar-refractivity contribution is 7.92. The zero-order valence-electron chi connectivity index (χ0n) is 22.5. The molecule has 0 aliphatic carbocycles. The molecule has 0 fully saturated rings. The van der Waals surface area contributed by atoms with Gasteiger partial charge in [0.15, 0.2) is 0 Å². The summed E-state index contributed by atoms with van der Waals surface area (Å²) in [5.41, 5.74) is 4.48.